The summed E-state index contributed by atoms with van der Waals surface area (Å²) >= 11 is 7.69. The summed E-state index contributed by atoms with van der Waals surface area (Å²) in [7, 11) is 1.77. The van der Waals surface area contributed by atoms with E-state index in [2.05, 4.69) is 9.55 Å². The van der Waals surface area contributed by atoms with Crippen molar-refractivity contribution in [2.24, 2.45) is 0 Å². The number of rotatable bonds is 8. The summed E-state index contributed by atoms with van der Waals surface area (Å²) in [4.78, 5) is 23.6. The number of amides is 1. The molecule has 0 fully saturated rings. The molecule has 0 aliphatic carbocycles. The summed E-state index contributed by atoms with van der Waals surface area (Å²) in [5, 5.41) is 1.65. The fraction of sp³-hybridized carbons (Fsp3) is 0.148. The number of carbonyl (C=O) groups excluding carboxylic acids is 1. The second-order valence-electron chi connectivity index (χ2n) is 8.20. The van der Waals surface area contributed by atoms with Crippen LogP contribution in [-0.2, 0) is 18.8 Å². The lowest BCUT2D eigenvalue weighted by Gasteiger charge is -2.16. The molecule has 3 heterocycles. The molecule has 5 aromatic rings. The van der Waals surface area contributed by atoms with Gasteiger partial charge in [-0.3, -0.25) is 9.78 Å². The number of benzene rings is 2. The zero-order valence-electron chi connectivity index (χ0n) is 19.1. The van der Waals surface area contributed by atoms with Gasteiger partial charge in [0.2, 0.25) is 0 Å². The molecule has 0 spiro atoms. The lowest BCUT2D eigenvalue weighted by Crippen LogP contribution is -2.25. The van der Waals surface area contributed by atoms with Crippen molar-refractivity contribution >= 4 is 40.3 Å². The van der Waals surface area contributed by atoms with Crippen LogP contribution in [0.2, 0.25) is 5.02 Å². The number of thioether (sulfide) groups is 1. The van der Waals surface area contributed by atoms with Crippen molar-refractivity contribution in [1.82, 2.24) is 19.4 Å². The van der Waals surface area contributed by atoms with Crippen molar-refractivity contribution in [2.45, 2.75) is 24.0 Å². The fourth-order valence-corrected chi connectivity index (χ4v) is 4.90. The Morgan fingerprint density at radius 3 is 2.57 bits per heavy atom. The number of hydrogen-bond donors (Lipinski definition) is 0. The number of fused-ring (bicyclic) bond motifs is 1. The number of nitrogens with zero attached hydrogens (tertiary/aromatic N) is 4. The first-order valence-electron chi connectivity index (χ1n) is 11.1. The molecule has 0 atom stereocenters. The molecular weight excluding hydrogens is 480 g/mol. The van der Waals surface area contributed by atoms with Gasteiger partial charge in [0.15, 0.2) is 5.16 Å². The number of hydrogen-bond acceptors (Lipinski definition) is 5. The van der Waals surface area contributed by atoms with Gasteiger partial charge in [-0.25, -0.2) is 4.98 Å². The Morgan fingerprint density at radius 1 is 1.06 bits per heavy atom. The predicted molar refractivity (Wildman–Crippen MR) is 139 cm³/mol. The lowest BCUT2D eigenvalue weighted by atomic mass is 10.1. The Bertz CT molecular complexity index is 1430. The molecular formula is C27H23ClN4O2S. The maximum atomic E-state index is 12.8. The monoisotopic (exact) mass is 502 g/mol. The largest absolute Gasteiger partial charge is 0.467 e. The third-order valence-electron chi connectivity index (χ3n) is 5.66. The topological polar surface area (TPSA) is 64.2 Å². The summed E-state index contributed by atoms with van der Waals surface area (Å²) in [5.74, 6) is 1.48. The van der Waals surface area contributed by atoms with Gasteiger partial charge in [-0.2, -0.15) is 0 Å². The highest BCUT2D eigenvalue weighted by Gasteiger charge is 2.15. The third kappa shape index (κ3) is 5.42. The van der Waals surface area contributed by atoms with E-state index in [0.717, 1.165) is 38.3 Å². The first-order chi connectivity index (χ1) is 17.1. The number of aromatic nitrogens is 3. The van der Waals surface area contributed by atoms with Gasteiger partial charge < -0.3 is 13.9 Å². The molecule has 0 saturated heterocycles. The SMILES string of the molecule is CN(Cc1ccco1)C(=O)c1ccc(Cn2c(SCc3ccc(Cl)cc3)nc3ccncc32)cc1. The molecule has 8 heteroatoms. The summed E-state index contributed by atoms with van der Waals surface area (Å²) in [5.41, 5.74) is 4.77. The van der Waals surface area contributed by atoms with Gasteiger partial charge in [0, 0.05) is 29.6 Å². The van der Waals surface area contributed by atoms with Crippen LogP contribution in [0.15, 0.2) is 95.0 Å². The van der Waals surface area contributed by atoms with Gasteiger partial charge in [-0.1, -0.05) is 47.6 Å². The average molecular weight is 503 g/mol. The van der Waals surface area contributed by atoms with E-state index in [1.54, 1.807) is 36.2 Å². The molecule has 0 saturated carbocycles. The number of carbonyl (C=O) groups is 1. The summed E-state index contributed by atoms with van der Waals surface area (Å²) < 4.78 is 7.52. The number of imidazole rings is 1. The Kier molecular flexibility index (Phi) is 6.88. The van der Waals surface area contributed by atoms with E-state index in [4.69, 9.17) is 21.0 Å². The molecule has 2 aromatic carbocycles. The summed E-state index contributed by atoms with van der Waals surface area (Å²) in [6, 6.07) is 21.2. The maximum absolute atomic E-state index is 12.8. The minimum atomic E-state index is -0.0514. The zero-order chi connectivity index (χ0) is 24.2. The van der Waals surface area contributed by atoms with Crippen molar-refractivity contribution in [1.29, 1.82) is 0 Å². The summed E-state index contributed by atoms with van der Waals surface area (Å²) in [6.45, 7) is 1.05. The van der Waals surface area contributed by atoms with Crippen molar-refractivity contribution < 1.29 is 9.21 Å². The van der Waals surface area contributed by atoms with Gasteiger partial charge in [-0.05, 0) is 53.6 Å². The van der Waals surface area contributed by atoms with Gasteiger partial charge in [-0.15, -0.1) is 0 Å². The van der Waals surface area contributed by atoms with Crippen LogP contribution in [0, 0.1) is 0 Å². The quantitative estimate of drug-likeness (QED) is 0.233. The molecule has 0 radical (unpaired) electrons. The van der Waals surface area contributed by atoms with E-state index in [1.165, 1.54) is 5.56 Å². The van der Waals surface area contributed by atoms with Crippen LogP contribution >= 0.6 is 23.4 Å². The minimum Gasteiger partial charge on any atom is -0.467 e. The summed E-state index contributed by atoms with van der Waals surface area (Å²) in [6.07, 6.45) is 5.21. The van der Waals surface area contributed by atoms with E-state index in [0.29, 0.717) is 18.7 Å². The highest BCUT2D eigenvalue weighted by Crippen LogP contribution is 2.28. The molecule has 0 aliphatic heterocycles. The van der Waals surface area contributed by atoms with Crippen LogP contribution < -0.4 is 0 Å². The minimum absolute atomic E-state index is 0.0514. The first kappa shape index (κ1) is 23.2. The standard InChI is InChI=1S/C27H23ClN4O2S/c1-31(17-23-3-2-14-34-23)26(33)21-8-4-19(5-9-21)16-32-25-15-29-13-12-24(25)30-27(32)35-18-20-6-10-22(28)11-7-20/h2-15H,16-18H2,1H3. The van der Waals surface area contributed by atoms with Crippen LogP contribution in [0.3, 0.4) is 0 Å². The van der Waals surface area contributed by atoms with Gasteiger partial charge in [0.05, 0.1) is 36.6 Å². The normalized spacial score (nSPS) is 11.1. The predicted octanol–water partition coefficient (Wildman–Crippen LogP) is 6.29. The van der Waals surface area contributed by atoms with Crippen LogP contribution in [0.1, 0.15) is 27.2 Å². The molecule has 5 rings (SSSR count). The molecule has 0 N–H and O–H groups in total. The van der Waals surface area contributed by atoms with Crippen LogP contribution in [-0.4, -0.2) is 32.4 Å². The van der Waals surface area contributed by atoms with E-state index in [-0.39, 0.29) is 5.91 Å². The second kappa shape index (κ2) is 10.4. The van der Waals surface area contributed by atoms with E-state index >= 15 is 0 Å². The van der Waals surface area contributed by atoms with Crippen LogP contribution in [0.25, 0.3) is 11.0 Å². The zero-order valence-corrected chi connectivity index (χ0v) is 20.7. The molecule has 0 bridgehead atoms. The third-order valence-corrected chi connectivity index (χ3v) is 6.96. The fourth-order valence-electron chi connectivity index (χ4n) is 3.80. The Balaban J connectivity index is 1.33. The Hall–Kier alpha value is -3.55. The number of pyridine rings is 1. The van der Waals surface area contributed by atoms with E-state index < -0.39 is 0 Å². The first-order valence-corrected chi connectivity index (χ1v) is 12.5. The Morgan fingerprint density at radius 2 is 1.83 bits per heavy atom. The van der Waals surface area contributed by atoms with Gasteiger partial charge in [0.1, 0.15) is 5.76 Å². The molecule has 0 unspecified atom stereocenters. The maximum Gasteiger partial charge on any atom is 0.254 e. The Labute approximate surface area is 212 Å². The van der Waals surface area contributed by atoms with Crippen molar-refractivity contribution in [2.75, 3.05) is 7.05 Å². The molecule has 1 amide bonds. The molecule has 176 valence electrons. The van der Waals surface area contributed by atoms with Crippen molar-refractivity contribution in [3.8, 4) is 0 Å². The number of halogens is 1. The number of furan rings is 1. The highest BCUT2D eigenvalue weighted by molar-refractivity contribution is 7.98. The smallest absolute Gasteiger partial charge is 0.254 e. The van der Waals surface area contributed by atoms with Crippen LogP contribution in [0.5, 0.6) is 0 Å². The average Bonchev–Trinajstić information content (AvgIpc) is 3.51. The van der Waals surface area contributed by atoms with Gasteiger partial charge in [0.25, 0.3) is 5.91 Å². The van der Waals surface area contributed by atoms with E-state index in [1.807, 2.05) is 72.9 Å². The van der Waals surface area contributed by atoms with Crippen LogP contribution in [0.4, 0.5) is 0 Å². The van der Waals surface area contributed by atoms with Crippen molar-refractivity contribution in [3.05, 3.63) is 113 Å². The second-order valence-corrected chi connectivity index (χ2v) is 9.58. The molecule has 6 nitrogen and oxygen atoms in total. The van der Waals surface area contributed by atoms with Crippen molar-refractivity contribution in [3.63, 3.8) is 0 Å². The molecule has 3 aromatic heterocycles. The lowest BCUT2D eigenvalue weighted by molar-refractivity contribution is 0.0775. The molecule has 0 aliphatic rings. The highest BCUT2D eigenvalue weighted by atomic mass is 35.5. The van der Waals surface area contributed by atoms with E-state index in [9.17, 15) is 4.79 Å². The molecule has 35 heavy (non-hydrogen) atoms. The van der Waals surface area contributed by atoms with Gasteiger partial charge >= 0.3 is 0 Å².